The molecule has 0 saturated carbocycles. The minimum Gasteiger partial charge on any atom is -0.334 e. The number of rotatable bonds is 8. The number of carbonyl (C=O) groups excluding carboxylic acids is 1. The number of hydrogen-bond acceptors (Lipinski definition) is 8. The second kappa shape index (κ2) is 9.56. The van der Waals surface area contributed by atoms with Crippen LogP contribution < -0.4 is 15.8 Å². The maximum absolute atomic E-state index is 12.0. The van der Waals surface area contributed by atoms with Crippen LogP contribution in [0.25, 0.3) is 0 Å². The zero-order valence-electron chi connectivity index (χ0n) is 17.7. The number of nitro groups is 1. The van der Waals surface area contributed by atoms with E-state index in [2.05, 4.69) is 20.7 Å². The van der Waals surface area contributed by atoms with Crippen LogP contribution in [0.3, 0.4) is 0 Å². The van der Waals surface area contributed by atoms with Crippen molar-refractivity contribution in [2.75, 3.05) is 15.8 Å². The van der Waals surface area contributed by atoms with Gasteiger partial charge in [0.2, 0.25) is 11.6 Å². The highest BCUT2D eigenvalue weighted by Gasteiger charge is 2.25. The van der Waals surface area contributed by atoms with Crippen LogP contribution in [0, 0.1) is 10.1 Å². The van der Waals surface area contributed by atoms with Gasteiger partial charge >= 0.3 is 5.69 Å². The summed E-state index contributed by atoms with van der Waals surface area (Å²) in [5, 5.41) is 16.7. The first-order valence-corrected chi connectivity index (χ1v) is 10.1. The molecule has 33 heavy (non-hydrogen) atoms. The fraction of sp³-hybridized carbons (Fsp3) is 0.0417. The average Bonchev–Trinajstić information content (AvgIpc) is 2.84. The van der Waals surface area contributed by atoms with Crippen LogP contribution in [-0.4, -0.2) is 20.7 Å². The number of hydrogen-bond donors (Lipinski definition) is 2. The van der Waals surface area contributed by atoms with Crippen LogP contribution in [-0.2, 0) is 0 Å². The second-order valence-corrected chi connectivity index (χ2v) is 7.05. The number of hydrazine groups is 1. The van der Waals surface area contributed by atoms with Crippen LogP contribution in [0.4, 0.5) is 34.4 Å². The van der Waals surface area contributed by atoms with Crippen LogP contribution >= 0.6 is 0 Å². The lowest BCUT2D eigenvalue weighted by atomic mass is 10.1. The van der Waals surface area contributed by atoms with Crippen molar-refractivity contribution in [2.24, 2.45) is 0 Å². The van der Waals surface area contributed by atoms with E-state index in [4.69, 9.17) is 0 Å². The molecule has 4 aromatic rings. The molecule has 0 aliphatic rings. The smallest absolute Gasteiger partial charge is 0.334 e. The number of aromatic nitrogens is 2. The van der Waals surface area contributed by atoms with Crippen molar-refractivity contribution >= 4 is 40.2 Å². The van der Waals surface area contributed by atoms with Crippen molar-refractivity contribution in [2.45, 2.75) is 6.92 Å². The van der Waals surface area contributed by atoms with E-state index in [1.165, 1.54) is 13.3 Å². The first-order chi connectivity index (χ1) is 16.0. The lowest BCUT2D eigenvalue weighted by Gasteiger charge is -2.26. The van der Waals surface area contributed by atoms with Crippen molar-refractivity contribution in [1.82, 2.24) is 9.97 Å². The first kappa shape index (κ1) is 21.4. The molecule has 9 heteroatoms. The monoisotopic (exact) mass is 440 g/mol. The molecular formula is C24H20N6O3. The van der Waals surface area contributed by atoms with Crippen LogP contribution in [0.1, 0.15) is 17.3 Å². The van der Waals surface area contributed by atoms with Gasteiger partial charge in [0.05, 0.1) is 16.3 Å². The minimum atomic E-state index is -0.539. The van der Waals surface area contributed by atoms with Gasteiger partial charge in [-0.1, -0.05) is 36.4 Å². The first-order valence-electron chi connectivity index (χ1n) is 10.1. The highest BCUT2D eigenvalue weighted by atomic mass is 16.6. The molecule has 1 aromatic heterocycles. The summed E-state index contributed by atoms with van der Waals surface area (Å²) in [7, 11) is 0. The Kier molecular flexibility index (Phi) is 6.21. The Morgan fingerprint density at radius 3 is 1.91 bits per heavy atom. The summed E-state index contributed by atoms with van der Waals surface area (Å²) in [4.78, 5) is 31.2. The largest absolute Gasteiger partial charge is 0.355 e. The maximum atomic E-state index is 12.0. The number of Topliss-reactive ketones (excluding diaryl/α,β-unsaturated/α-hetero) is 1. The van der Waals surface area contributed by atoms with Gasteiger partial charge in [-0.2, -0.15) is 0 Å². The fourth-order valence-corrected chi connectivity index (χ4v) is 3.19. The molecule has 0 spiro atoms. The molecule has 164 valence electrons. The van der Waals surface area contributed by atoms with Gasteiger partial charge in [0.25, 0.3) is 0 Å². The Bertz CT molecular complexity index is 1230. The molecule has 0 radical (unpaired) electrons. The van der Waals surface area contributed by atoms with Crippen molar-refractivity contribution in [3.63, 3.8) is 0 Å². The summed E-state index contributed by atoms with van der Waals surface area (Å²) >= 11 is 0. The Labute approximate surface area is 189 Å². The quantitative estimate of drug-likeness (QED) is 0.210. The number of nitrogens with one attached hydrogen (secondary N) is 2. The van der Waals surface area contributed by atoms with Gasteiger partial charge in [0, 0.05) is 11.3 Å². The molecule has 0 aliphatic carbocycles. The molecule has 3 aromatic carbocycles. The van der Waals surface area contributed by atoms with E-state index in [0.29, 0.717) is 11.3 Å². The summed E-state index contributed by atoms with van der Waals surface area (Å²) in [6.45, 7) is 1.47. The van der Waals surface area contributed by atoms with Gasteiger partial charge < -0.3 is 5.32 Å². The predicted molar refractivity (Wildman–Crippen MR) is 127 cm³/mol. The summed E-state index contributed by atoms with van der Waals surface area (Å²) in [6.07, 6.45) is 1.25. The standard InChI is InChI=1S/C24H20N6O3/c1-17(31)18-12-14-19(15-13-18)27-23-22(30(32)33)24(26-16-25-23)28-29(20-8-4-2-5-9-20)21-10-6-3-7-11-21/h2-16H,1H3,(H2,25,26,27,28). The Morgan fingerprint density at radius 2 is 1.39 bits per heavy atom. The van der Waals surface area contributed by atoms with Crippen LogP contribution in [0.5, 0.6) is 0 Å². The molecule has 0 saturated heterocycles. The molecular weight excluding hydrogens is 420 g/mol. The lowest BCUT2D eigenvalue weighted by molar-refractivity contribution is -0.383. The number of anilines is 5. The number of ketones is 1. The SMILES string of the molecule is CC(=O)c1ccc(Nc2ncnc(NN(c3ccccc3)c3ccccc3)c2[N+](=O)[O-])cc1. The van der Waals surface area contributed by atoms with Gasteiger partial charge in [-0.3, -0.25) is 25.3 Å². The van der Waals surface area contributed by atoms with E-state index in [9.17, 15) is 14.9 Å². The Morgan fingerprint density at radius 1 is 0.848 bits per heavy atom. The molecule has 0 atom stereocenters. The molecule has 4 rings (SSSR count). The van der Waals surface area contributed by atoms with Gasteiger partial charge in [0.15, 0.2) is 5.78 Å². The minimum absolute atomic E-state index is 0.0190. The fourth-order valence-electron chi connectivity index (χ4n) is 3.19. The van der Waals surface area contributed by atoms with Crippen LogP contribution in [0.2, 0.25) is 0 Å². The van der Waals surface area contributed by atoms with Crippen molar-refractivity contribution in [3.8, 4) is 0 Å². The Balaban J connectivity index is 1.71. The van der Waals surface area contributed by atoms with Crippen molar-refractivity contribution < 1.29 is 9.72 Å². The molecule has 2 N–H and O–H groups in total. The van der Waals surface area contributed by atoms with Crippen molar-refractivity contribution in [3.05, 3.63) is 107 Å². The summed E-state index contributed by atoms with van der Waals surface area (Å²) in [5.41, 5.74) is 5.39. The summed E-state index contributed by atoms with van der Waals surface area (Å²) in [5.74, 6) is -0.0253. The molecule has 0 aliphatic heterocycles. The van der Waals surface area contributed by atoms with E-state index in [1.807, 2.05) is 60.7 Å². The number of para-hydroxylation sites is 2. The van der Waals surface area contributed by atoms with Crippen LogP contribution in [0.15, 0.2) is 91.3 Å². The molecule has 1 heterocycles. The molecule has 0 amide bonds. The predicted octanol–water partition coefficient (Wildman–Crippen LogP) is 5.50. The maximum Gasteiger partial charge on any atom is 0.355 e. The third-order valence-corrected chi connectivity index (χ3v) is 4.81. The van der Waals surface area contributed by atoms with E-state index >= 15 is 0 Å². The normalized spacial score (nSPS) is 10.3. The summed E-state index contributed by atoms with van der Waals surface area (Å²) in [6, 6.07) is 25.4. The van der Waals surface area contributed by atoms with Crippen molar-refractivity contribution in [1.29, 1.82) is 0 Å². The van der Waals surface area contributed by atoms with E-state index in [1.54, 1.807) is 29.3 Å². The second-order valence-electron chi connectivity index (χ2n) is 7.05. The molecule has 0 bridgehead atoms. The van der Waals surface area contributed by atoms with Gasteiger partial charge in [-0.05, 0) is 55.5 Å². The van der Waals surface area contributed by atoms with Gasteiger partial charge in [-0.15, -0.1) is 0 Å². The molecule has 9 nitrogen and oxygen atoms in total. The Hall–Kier alpha value is -4.79. The topological polar surface area (TPSA) is 113 Å². The third kappa shape index (κ3) is 4.93. The molecule has 0 fully saturated rings. The molecule has 0 unspecified atom stereocenters. The highest BCUT2D eigenvalue weighted by Crippen LogP contribution is 2.34. The number of benzene rings is 3. The number of carbonyl (C=O) groups is 1. The lowest BCUT2D eigenvalue weighted by Crippen LogP contribution is -2.26. The van der Waals surface area contributed by atoms with E-state index in [0.717, 1.165) is 11.4 Å². The van der Waals surface area contributed by atoms with Gasteiger partial charge in [0.1, 0.15) is 6.33 Å². The summed E-state index contributed by atoms with van der Waals surface area (Å²) < 4.78 is 0. The van der Waals surface area contributed by atoms with E-state index < -0.39 is 4.92 Å². The zero-order chi connectivity index (χ0) is 23.2. The average molecular weight is 440 g/mol. The highest BCUT2D eigenvalue weighted by molar-refractivity contribution is 5.94. The zero-order valence-corrected chi connectivity index (χ0v) is 17.7. The van der Waals surface area contributed by atoms with Gasteiger partial charge in [-0.25, -0.2) is 9.97 Å². The third-order valence-electron chi connectivity index (χ3n) is 4.81. The number of nitrogens with zero attached hydrogens (tertiary/aromatic N) is 4. The van der Waals surface area contributed by atoms with E-state index in [-0.39, 0.29) is 23.1 Å².